The lowest BCUT2D eigenvalue weighted by Gasteiger charge is -2.29. The Balaban J connectivity index is 1.24. The zero-order valence-corrected chi connectivity index (χ0v) is 17.5. The first-order valence-electron chi connectivity index (χ1n) is 10.8. The maximum Gasteiger partial charge on any atom is 0.224 e. The minimum absolute atomic E-state index is 0.0240. The van der Waals surface area contributed by atoms with Gasteiger partial charge in [-0.05, 0) is 56.0 Å². The molecule has 4 heterocycles. The van der Waals surface area contributed by atoms with Gasteiger partial charge in [0.1, 0.15) is 11.6 Å². The molecule has 1 aromatic heterocycles. The van der Waals surface area contributed by atoms with Gasteiger partial charge in [-0.15, -0.1) is 0 Å². The van der Waals surface area contributed by atoms with Crippen LogP contribution in [0.5, 0.6) is 0 Å². The summed E-state index contributed by atoms with van der Waals surface area (Å²) < 4.78 is 19.6. The molecule has 3 fully saturated rings. The van der Waals surface area contributed by atoms with Crippen molar-refractivity contribution < 1.29 is 13.9 Å². The standard InChI is InChI=1S/C24H28FN3O2/c1-15-3-8-22(27-16(15)2)28-13-20-19(21-9-10-24(20,14-28)30-21)12-26-23(29)11-17-4-6-18(25)7-5-17/h3-8,19-21H,9-14H2,1-2H3,(H,26,29)/t19-,20+,21+,24+/m0/s1. The molecule has 6 heteroatoms. The number of hydrogen-bond donors (Lipinski definition) is 1. The van der Waals surface area contributed by atoms with Crippen molar-refractivity contribution in [1.82, 2.24) is 10.3 Å². The van der Waals surface area contributed by atoms with Crippen molar-refractivity contribution in [3.05, 3.63) is 59.0 Å². The van der Waals surface area contributed by atoms with E-state index in [4.69, 9.17) is 9.72 Å². The van der Waals surface area contributed by atoms with E-state index >= 15 is 0 Å². The first-order chi connectivity index (χ1) is 14.4. The third kappa shape index (κ3) is 3.37. The van der Waals surface area contributed by atoms with Gasteiger partial charge >= 0.3 is 0 Å². The van der Waals surface area contributed by atoms with Gasteiger partial charge in [0.2, 0.25) is 5.91 Å². The molecule has 1 aromatic carbocycles. The first kappa shape index (κ1) is 19.5. The van der Waals surface area contributed by atoms with Crippen LogP contribution in [0.3, 0.4) is 0 Å². The van der Waals surface area contributed by atoms with E-state index in [-0.39, 0.29) is 29.9 Å². The topological polar surface area (TPSA) is 54.5 Å². The maximum absolute atomic E-state index is 13.1. The van der Waals surface area contributed by atoms with E-state index in [1.165, 1.54) is 17.7 Å². The Kier molecular flexibility index (Phi) is 4.77. The van der Waals surface area contributed by atoms with E-state index in [0.717, 1.165) is 43.0 Å². The largest absolute Gasteiger partial charge is 0.369 e. The molecule has 3 aliphatic rings. The number of ether oxygens (including phenoxy) is 1. The number of hydrogen-bond acceptors (Lipinski definition) is 4. The summed E-state index contributed by atoms with van der Waals surface area (Å²) in [5.41, 5.74) is 2.99. The summed E-state index contributed by atoms with van der Waals surface area (Å²) >= 11 is 0. The van der Waals surface area contributed by atoms with Crippen LogP contribution in [-0.2, 0) is 16.0 Å². The van der Waals surface area contributed by atoms with Gasteiger partial charge < -0.3 is 15.0 Å². The molecule has 3 aliphatic heterocycles. The molecule has 0 radical (unpaired) electrons. The van der Waals surface area contributed by atoms with E-state index in [2.05, 4.69) is 36.2 Å². The van der Waals surface area contributed by atoms with Crippen molar-refractivity contribution in [3.63, 3.8) is 0 Å². The highest BCUT2D eigenvalue weighted by molar-refractivity contribution is 5.78. The normalized spacial score (nSPS) is 29.3. The number of carbonyl (C=O) groups excluding carboxylic acids is 1. The molecule has 3 saturated heterocycles. The molecule has 2 aromatic rings. The number of benzene rings is 1. The molecule has 5 rings (SSSR count). The summed E-state index contributed by atoms with van der Waals surface area (Å²) in [6.45, 7) is 6.56. The zero-order valence-electron chi connectivity index (χ0n) is 17.5. The average Bonchev–Trinajstić information content (AvgIpc) is 3.39. The lowest BCUT2D eigenvalue weighted by molar-refractivity contribution is -0.120. The molecule has 0 aliphatic carbocycles. The van der Waals surface area contributed by atoms with Crippen LogP contribution in [0.15, 0.2) is 36.4 Å². The lowest BCUT2D eigenvalue weighted by Crippen LogP contribution is -2.42. The molecule has 5 nitrogen and oxygen atoms in total. The van der Waals surface area contributed by atoms with E-state index in [1.54, 1.807) is 12.1 Å². The summed E-state index contributed by atoms with van der Waals surface area (Å²) in [5, 5.41) is 3.11. The second-order valence-electron chi connectivity index (χ2n) is 9.09. The zero-order chi connectivity index (χ0) is 20.9. The van der Waals surface area contributed by atoms with Gasteiger partial charge in [0.05, 0.1) is 18.1 Å². The first-order valence-corrected chi connectivity index (χ1v) is 10.8. The van der Waals surface area contributed by atoms with Crippen LogP contribution in [0.25, 0.3) is 0 Å². The number of aryl methyl sites for hydroxylation is 2. The third-order valence-electron chi connectivity index (χ3n) is 7.26. The maximum atomic E-state index is 13.1. The van der Waals surface area contributed by atoms with E-state index in [0.29, 0.717) is 18.4 Å². The number of fused-ring (bicyclic) bond motifs is 1. The van der Waals surface area contributed by atoms with Crippen molar-refractivity contribution in [2.24, 2.45) is 11.8 Å². The van der Waals surface area contributed by atoms with Crippen LogP contribution in [0, 0.1) is 31.5 Å². The summed E-state index contributed by atoms with van der Waals surface area (Å²) in [4.78, 5) is 19.6. The van der Waals surface area contributed by atoms with Crippen molar-refractivity contribution in [3.8, 4) is 0 Å². The Morgan fingerprint density at radius 3 is 2.83 bits per heavy atom. The summed E-state index contributed by atoms with van der Waals surface area (Å²) in [6, 6.07) is 10.3. The number of pyridine rings is 1. The Morgan fingerprint density at radius 1 is 1.27 bits per heavy atom. The summed E-state index contributed by atoms with van der Waals surface area (Å²) in [6.07, 6.45) is 2.65. The number of carbonyl (C=O) groups is 1. The molecular formula is C24H28FN3O2. The molecule has 158 valence electrons. The molecule has 1 N–H and O–H groups in total. The van der Waals surface area contributed by atoms with Crippen molar-refractivity contribution in [2.75, 3.05) is 24.5 Å². The molecule has 2 bridgehead atoms. The monoisotopic (exact) mass is 409 g/mol. The Hall–Kier alpha value is -2.47. The van der Waals surface area contributed by atoms with Gasteiger partial charge in [-0.1, -0.05) is 18.2 Å². The SMILES string of the molecule is Cc1ccc(N2C[C@@H]3[C@H](CNC(=O)Cc4ccc(F)cc4)[C@H]4CC[C@]3(C2)O4)nc1C. The van der Waals surface area contributed by atoms with Gasteiger partial charge in [0, 0.05) is 37.2 Å². The van der Waals surface area contributed by atoms with Crippen molar-refractivity contribution in [2.45, 2.75) is 44.8 Å². The number of aromatic nitrogens is 1. The quantitative estimate of drug-likeness (QED) is 0.824. The third-order valence-corrected chi connectivity index (χ3v) is 7.26. The van der Waals surface area contributed by atoms with Crippen LogP contribution >= 0.6 is 0 Å². The second-order valence-corrected chi connectivity index (χ2v) is 9.09. The van der Waals surface area contributed by atoms with E-state index in [1.807, 2.05) is 0 Å². The summed E-state index contributed by atoms with van der Waals surface area (Å²) in [7, 11) is 0. The van der Waals surface area contributed by atoms with Gasteiger partial charge in [0.15, 0.2) is 0 Å². The smallest absolute Gasteiger partial charge is 0.224 e. The molecule has 0 unspecified atom stereocenters. The van der Waals surface area contributed by atoms with Gasteiger partial charge in [-0.25, -0.2) is 9.37 Å². The second kappa shape index (κ2) is 7.34. The number of halogens is 1. The van der Waals surface area contributed by atoms with E-state index < -0.39 is 0 Å². The number of nitrogens with zero attached hydrogens (tertiary/aromatic N) is 2. The number of nitrogens with one attached hydrogen (secondary N) is 1. The van der Waals surface area contributed by atoms with Crippen molar-refractivity contribution >= 4 is 11.7 Å². The molecule has 4 atom stereocenters. The lowest BCUT2D eigenvalue weighted by atomic mass is 9.73. The van der Waals surface area contributed by atoms with Crippen molar-refractivity contribution in [1.29, 1.82) is 0 Å². The molecule has 30 heavy (non-hydrogen) atoms. The van der Waals surface area contributed by atoms with Gasteiger partial charge in [0.25, 0.3) is 0 Å². The van der Waals surface area contributed by atoms with Crippen LogP contribution in [0.4, 0.5) is 10.2 Å². The number of amides is 1. The fourth-order valence-electron chi connectivity index (χ4n) is 5.51. The van der Waals surface area contributed by atoms with Crippen LogP contribution in [0.2, 0.25) is 0 Å². The Morgan fingerprint density at radius 2 is 2.07 bits per heavy atom. The van der Waals surface area contributed by atoms with Crippen LogP contribution in [-0.4, -0.2) is 42.2 Å². The molecular weight excluding hydrogens is 381 g/mol. The van der Waals surface area contributed by atoms with Gasteiger partial charge in [-0.2, -0.15) is 0 Å². The number of rotatable bonds is 5. The van der Waals surface area contributed by atoms with Crippen LogP contribution in [0.1, 0.15) is 29.7 Å². The predicted octanol–water partition coefficient (Wildman–Crippen LogP) is 3.18. The number of anilines is 1. The molecule has 0 saturated carbocycles. The minimum atomic E-state index is -0.285. The Labute approximate surface area is 176 Å². The summed E-state index contributed by atoms with van der Waals surface area (Å²) in [5.74, 6) is 1.45. The van der Waals surface area contributed by atoms with Gasteiger partial charge in [-0.3, -0.25) is 4.79 Å². The molecule has 1 amide bonds. The van der Waals surface area contributed by atoms with Crippen LogP contribution < -0.4 is 10.2 Å². The fraction of sp³-hybridized carbons (Fsp3) is 0.500. The van der Waals surface area contributed by atoms with E-state index in [9.17, 15) is 9.18 Å². The molecule has 1 spiro atoms. The fourth-order valence-corrected chi connectivity index (χ4v) is 5.51. The highest BCUT2D eigenvalue weighted by atomic mass is 19.1. The average molecular weight is 410 g/mol. The minimum Gasteiger partial charge on any atom is -0.369 e. The Bertz CT molecular complexity index is 963. The highest BCUT2D eigenvalue weighted by Crippen LogP contribution is 2.55. The predicted molar refractivity (Wildman–Crippen MR) is 113 cm³/mol. The highest BCUT2D eigenvalue weighted by Gasteiger charge is 2.63.